The van der Waals surface area contributed by atoms with E-state index in [1.54, 1.807) is 18.4 Å². The zero-order chi connectivity index (χ0) is 21.9. The third kappa shape index (κ3) is 5.14. The Hall–Kier alpha value is -1.66. The number of methoxy groups -OCH3 is 1. The lowest BCUT2D eigenvalue weighted by Gasteiger charge is -2.36. The predicted molar refractivity (Wildman–Crippen MR) is 131 cm³/mol. The van der Waals surface area contributed by atoms with E-state index < -0.39 is 8.32 Å². The SMILES string of the molecule is COCCOc1ccc(-c2csc3ccc(CO[Si](C)(C)C(C)(C)C)cc23)c(C)c1. The molecule has 0 aliphatic carbocycles. The first-order chi connectivity index (χ1) is 14.1. The monoisotopic (exact) mass is 442 g/mol. The lowest BCUT2D eigenvalue weighted by Crippen LogP contribution is -2.40. The van der Waals surface area contributed by atoms with Gasteiger partial charge in [0.2, 0.25) is 0 Å². The van der Waals surface area contributed by atoms with Gasteiger partial charge in [-0.25, -0.2) is 0 Å². The summed E-state index contributed by atoms with van der Waals surface area (Å²) < 4.78 is 18.6. The molecule has 0 N–H and O–H groups in total. The van der Waals surface area contributed by atoms with Gasteiger partial charge < -0.3 is 13.9 Å². The first-order valence-corrected chi connectivity index (χ1v) is 14.3. The van der Waals surface area contributed by atoms with Gasteiger partial charge in [0.05, 0.1) is 13.2 Å². The highest BCUT2D eigenvalue weighted by Gasteiger charge is 2.37. The fourth-order valence-corrected chi connectivity index (χ4v) is 5.03. The van der Waals surface area contributed by atoms with Crippen LogP contribution in [0.25, 0.3) is 21.2 Å². The van der Waals surface area contributed by atoms with E-state index in [1.165, 1.54) is 32.3 Å². The molecular weight excluding hydrogens is 408 g/mol. The van der Waals surface area contributed by atoms with E-state index >= 15 is 0 Å². The van der Waals surface area contributed by atoms with Crippen molar-refractivity contribution in [3.8, 4) is 16.9 Å². The van der Waals surface area contributed by atoms with Crippen molar-refractivity contribution in [1.82, 2.24) is 0 Å². The summed E-state index contributed by atoms with van der Waals surface area (Å²) in [5.74, 6) is 0.885. The molecule has 0 fully saturated rings. The summed E-state index contributed by atoms with van der Waals surface area (Å²) in [6.45, 7) is 15.4. The quantitative estimate of drug-likeness (QED) is 0.268. The van der Waals surface area contributed by atoms with Crippen molar-refractivity contribution in [2.75, 3.05) is 20.3 Å². The Morgan fingerprint density at radius 1 is 0.967 bits per heavy atom. The molecule has 0 atom stereocenters. The van der Waals surface area contributed by atoms with Crippen molar-refractivity contribution >= 4 is 29.7 Å². The van der Waals surface area contributed by atoms with Crippen LogP contribution in [-0.2, 0) is 15.8 Å². The topological polar surface area (TPSA) is 27.7 Å². The highest BCUT2D eigenvalue weighted by atomic mass is 32.1. The fraction of sp³-hybridized carbons (Fsp3) is 0.440. The van der Waals surface area contributed by atoms with Crippen LogP contribution in [0.4, 0.5) is 0 Å². The van der Waals surface area contributed by atoms with Crippen LogP contribution in [0.1, 0.15) is 31.9 Å². The van der Waals surface area contributed by atoms with Crippen molar-refractivity contribution in [2.45, 2.75) is 52.4 Å². The Kier molecular flexibility index (Phi) is 7.08. The highest BCUT2D eigenvalue weighted by molar-refractivity contribution is 7.17. The molecular formula is C25H34O3SSi. The first kappa shape index (κ1) is 23.0. The van der Waals surface area contributed by atoms with E-state index in [9.17, 15) is 0 Å². The summed E-state index contributed by atoms with van der Waals surface area (Å²) >= 11 is 1.80. The van der Waals surface area contributed by atoms with E-state index in [0.29, 0.717) is 19.8 Å². The summed E-state index contributed by atoms with van der Waals surface area (Å²) in [6.07, 6.45) is 0. The number of hydrogen-bond donors (Lipinski definition) is 0. The van der Waals surface area contributed by atoms with Crippen LogP contribution in [0.15, 0.2) is 41.8 Å². The van der Waals surface area contributed by atoms with Gasteiger partial charge in [-0.15, -0.1) is 11.3 Å². The number of thiophene rings is 1. The molecule has 162 valence electrons. The van der Waals surface area contributed by atoms with Crippen molar-refractivity contribution in [3.63, 3.8) is 0 Å². The summed E-state index contributed by atoms with van der Waals surface area (Å²) in [5, 5.41) is 3.78. The van der Waals surface area contributed by atoms with E-state index in [2.05, 4.69) is 76.5 Å². The van der Waals surface area contributed by atoms with Crippen LogP contribution in [0, 0.1) is 6.92 Å². The van der Waals surface area contributed by atoms with Crippen LogP contribution < -0.4 is 4.74 Å². The molecule has 0 spiro atoms. The molecule has 30 heavy (non-hydrogen) atoms. The fourth-order valence-electron chi connectivity index (χ4n) is 3.13. The Morgan fingerprint density at radius 3 is 2.40 bits per heavy atom. The average molecular weight is 443 g/mol. The zero-order valence-corrected chi connectivity index (χ0v) is 21.1. The van der Waals surface area contributed by atoms with Gasteiger partial charge in [-0.2, -0.15) is 0 Å². The molecule has 0 amide bonds. The predicted octanol–water partition coefficient (Wildman–Crippen LogP) is 7.42. The molecule has 3 nitrogen and oxygen atoms in total. The van der Waals surface area contributed by atoms with Gasteiger partial charge in [-0.3, -0.25) is 0 Å². The van der Waals surface area contributed by atoms with Crippen LogP contribution >= 0.6 is 11.3 Å². The van der Waals surface area contributed by atoms with Crippen LogP contribution in [0.3, 0.4) is 0 Å². The van der Waals surface area contributed by atoms with Crippen LogP contribution in [-0.4, -0.2) is 28.6 Å². The molecule has 3 aromatic rings. The molecule has 5 heteroatoms. The van der Waals surface area contributed by atoms with Gasteiger partial charge in [0.1, 0.15) is 12.4 Å². The van der Waals surface area contributed by atoms with Crippen LogP contribution in [0.5, 0.6) is 5.75 Å². The van der Waals surface area contributed by atoms with Crippen molar-refractivity contribution in [3.05, 3.63) is 52.9 Å². The summed E-state index contributed by atoms with van der Waals surface area (Å²) in [7, 11) is -0.0806. The molecule has 0 bridgehead atoms. The van der Waals surface area contributed by atoms with E-state index in [4.69, 9.17) is 13.9 Å². The Morgan fingerprint density at radius 2 is 1.73 bits per heavy atom. The lowest BCUT2D eigenvalue weighted by molar-refractivity contribution is 0.146. The second kappa shape index (κ2) is 9.23. The van der Waals surface area contributed by atoms with Gasteiger partial charge >= 0.3 is 0 Å². The maximum absolute atomic E-state index is 6.45. The second-order valence-electron chi connectivity index (χ2n) is 9.35. The Balaban J connectivity index is 1.85. The summed E-state index contributed by atoms with van der Waals surface area (Å²) in [4.78, 5) is 0. The molecule has 0 saturated carbocycles. The molecule has 1 aromatic heterocycles. The van der Waals surface area contributed by atoms with Crippen molar-refractivity contribution in [2.24, 2.45) is 0 Å². The minimum Gasteiger partial charge on any atom is -0.491 e. The van der Waals surface area contributed by atoms with Gasteiger partial charge in [0.25, 0.3) is 0 Å². The molecule has 0 radical (unpaired) electrons. The van der Waals surface area contributed by atoms with E-state index in [-0.39, 0.29) is 5.04 Å². The van der Waals surface area contributed by atoms with Crippen LogP contribution in [0.2, 0.25) is 18.1 Å². The number of benzene rings is 2. The molecule has 0 saturated heterocycles. The molecule has 0 unspecified atom stereocenters. The molecule has 0 aliphatic heterocycles. The van der Waals surface area contributed by atoms with E-state index in [0.717, 1.165) is 5.75 Å². The average Bonchev–Trinajstić information content (AvgIpc) is 3.09. The summed E-state index contributed by atoms with van der Waals surface area (Å²) in [6, 6.07) is 13.1. The molecule has 2 aromatic carbocycles. The van der Waals surface area contributed by atoms with Gasteiger partial charge in [0, 0.05) is 22.8 Å². The van der Waals surface area contributed by atoms with Gasteiger partial charge in [-0.1, -0.05) is 32.9 Å². The lowest BCUT2D eigenvalue weighted by atomic mass is 9.99. The maximum Gasteiger partial charge on any atom is 0.192 e. The smallest absolute Gasteiger partial charge is 0.192 e. The Labute approximate surface area is 186 Å². The zero-order valence-electron chi connectivity index (χ0n) is 19.3. The largest absolute Gasteiger partial charge is 0.491 e. The molecule has 1 heterocycles. The maximum atomic E-state index is 6.45. The van der Waals surface area contributed by atoms with Crippen molar-refractivity contribution < 1.29 is 13.9 Å². The number of rotatable bonds is 8. The first-order valence-electron chi connectivity index (χ1n) is 10.5. The van der Waals surface area contributed by atoms with Crippen molar-refractivity contribution in [1.29, 1.82) is 0 Å². The highest BCUT2D eigenvalue weighted by Crippen LogP contribution is 2.39. The summed E-state index contributed by atoms with van der Waals surface area (Å²) in [5.41, 5.74) is 4.99. The van der Waals surface area contributed by atoms with Gasteiger partial charge in [-0.05, 0) is 71.4 Å². The minimum absolute atomic E-state index is 0.217. The normalized spacial score (nSPS) is 12.5. The number of aryl methyl sites for hydroxylation is 1. The Bertz CT molecular complexity index is 1000. The van der Waals surface area contributed by atoms with Gasteiger partial charge in [0.15, 0.2) is 8.32 Å². The number of hydrogen-bond acceptors (Lipinski definition) is 4. The third-order valence-electron chi connectivity index (χ3n) is 6.09. The standard InChI is InChI=1S/C25H34O3SSi/c1-18-14-20(27-13-12-26-5)9-10-21(18)23-17-29-24-11-8-19(15-22(23)24)16-28-30(6,7)25(2,3)4/h8-11,14-15,17H,12-13,16H2,1-7H3. The molecule has 3 rings (SSSR count). The van der Waals surface area contributed by atoms with E-state index in [1.807, 2.05) is 6.07 Å². The minimum atomic E-state index is -1.77. The third-order valence-corrected chi connectivity index (χ3v) is 11.5. The number of ether oxygens (including phenoxy) is 2. The number of fused-ring (bicyclic) bond motifs is 1. The second-order valence-corrected chi connectivity index (χ2v) is 15.1. The molecule has 0 aliphatic rings.